The number of aromatic nitrogens is 2. The molecule has 0 radical (unpaired) electrons. The minimum atomic E-state index is -0.344. The number of nitrogens with zero attached hydrogens (tertiary/aromatic N) is 3. The lowest BCUT2D eigenvalue weighted by Gasteiger charge is -2.26. The fourth-order valence-corrected chi connectivity index (χ4v) is 2.52. The number of urea groups is 1. The van der Waals surface area contributed by atoms with Gasteiger partial charge < -0.3 is 15.4 Å². The van der Waals surface area contributed by atoms with E-state index in [1.165, 1.54) is 5.57 Å². The number of amides is 2. The highest BCUT2D eigenvalue weighted by Crippen LogP contribution is 2.23. The van der Waals surface area contributed by atoms with E-state index in [2.05, 4.69) is 16.0 Å². The SMILES string of the molecule is NC(=O)N1CCC(=Cc2cccc(Oc3cnccn3)c2)CC1.[HH]. The molecule has 0 aliphatic carbocycles. The highest BCUT2D eigenvalue weighted by molar-refractivity contribution is 5.72. The molecule has 6 heteroatoms. The van der Waals surface area contributed by atoms with Crippen molar-refractivity contribution in [1.82, 2.24) is 14.9 Å². The predicted octanol–water partition coefficient (Wildman–Crippen LogP) is 3.07. The van der Waals surface area contributed by atoms with Crippen molar-refractivity contribution in [1.29, 1.82) is 0 Å². The summed E-state index contributed by atoms with van der Waals surface area (Å²) in [6.45, 7) is 1.36. The molecule has 1 fully saturated rings. The Morgan fingerprint density at radius 3 is 2.83 bits per heavy atom. The third-order valence-electron chi connectivity index (χ3n) is 3.71. The van der Waals surface area contributed by atoms with Gasteiger partial charge >= 0.3 is 6.03 Å². The van der Waals surface area contributed by atoms with Gasteiger partial charge in [-0.2, -0.15) is 0 Å². The quantitative estimate of drug-likeness (QED) is 0.944. The monoisotopic (exact) mass is 312 g/mol. The normalized spacial score (nSPS) is 14.4. The fraction of sp³-hybridized carbons (Fsp3) is 0.235. The van der Waals surface area contributed by atoms with Crippen molar-refractivity contribution < 1.29 is 11.0 Å². The van der Waals surface area contributed by atoms with Gasteiger partial charge in [0.05, 0.1) is 6.20 Å². The average molecular weight is 312 g/mol. The van der Waals surface area contributed by atoms with Crippen molar-refractivity contribution in [2.45, 2.75) is 12.8 Å². The van der Waals surface area contributed by atoms with E-state index in [1.54, 1.807) is 23.5 Å². The minimum absolute atomic E-state index is 0. The molecule has 2 amide bonds. The molecule has 1 aromatic heterocycles. The highest BCUT2D eigenvalue weighted by Gasteiger charge is 2.16. The summed E-state index contributed by atoms with van der Waals surface area (Å²) >= 11 is 0. The molecule has 2 heterocycles. The number of rotatable bonds is 3. The number of piperidine rings is 1. The van der Waals surface area contributed by atoms with Gasteiger partial charge in [0.1, 0.15) is 5.75 Å². The maximum atomic E-state index is 11.1. The van der Waals surface area contributed by atoms with Crippen LogP contribution in [0.1, 0.15) is 19.8 Å². The molecule has 23 heavy (non-hydrogen) atoms. The molecule has 0 atom stereocenters. The van der Waals surface area contributed by atoms with Crippen LogP contribution in [-0.4, -0.2) is 34.0 Å². The van der Waals surface area contributed by atoms with E-state index >= 15 is 0 Å². The maximum Gasteiger partial charge on any atom is 0.314 e. The van der Waals surface area contributed by atoms with Crippen LogP contribution >= 0.6 is 0 Å². The zero-order valence-corrected chi connectivity index (χ0v) is 12.7. The van der Waals surface area contributed by atoms with E-state index in [1.807, 2.05) is 24.3 Å². The van der Waals surface area contributed by atoms with Gasteiger partial charge in [-0.3, -0.25) is 4.98 Å². The summed E-state index contributed by atoms with van der Waals surface area (Å²) in [6, 6.07) is 7.46. The lowest BCUT2D eigenvalue weighted by atomic mass is 10.0. The summed E-state index contributed by atoms with van der Waals surface area (Å²) in [5, 5.41) is 0. The largest absolute Gasteiger partial charge is 0.437 e. The van der Waals surface area contributed by atoms with Crippen LogP contribution in [0, 0.1) is 0 Å². The van der Waals surface area contributed by atoms with Crippen LogP contribution in [0.2, 0.25) is 0 Å². The summed E-state index contributed by atoms with van der Waals surface area (Å²) in [5.74, 6) is 1.18. The summed E-state index contributed by atoms with van der Waals surface area (Å²) in [4.78, 5) is 20.9. The number of carbonyl (C=O) groups is 1. The molecule has 6 nitrogen and oxygen atoms in total. The lowest BCUT2D eigenvalue weighted by Crippen LogP contribution is -2.39. The van der Waals surface area contributed by atoms with E-state index in [9.17, 15) is 4.79 Å². The molecule has 1 aliphatic heterocycles. The van der Waals surface area contributed by atoms with Crippen LogP contribution in [-0.2, 0) is 0 Å². The average Bonchev–Trinajstić information content (AvgIpc) is 2.57. The Labute approximate surface area is 136 Å². The second-order valence-electron chi connectivity index (χ2n) is 5.35. The predicted molar refractivity (Wildman–Crippen MR) is 89.0 cm³/mol. The number of hydrogen-bond donors (Lipinski definition) is 1. The van der Waals surface area contributed by atoms with Gasteiger partial charge in [-0.1, -0.05) is 23.8 Å². The molecule has 2 N–H and O–H groups in total. The molecule has 0 saturated carbocycles. The number of hydrogen-bond acceptors (Lipinski definition) is 4. The van der Waals surface area contributed by atoms with Gasteiger partial charge in [-0.05, 0) is 30.5 Å². The van der Waals surface area contributed by atoms with Crippen molar-refractivity contribution in [3.05, 3.63) is 54.0 Å². The first kappa shape index (κ1) is 15.0. The van der Waals surface area contributed by atoms with Gasteiger partial charge in [-0.25, -0.2) is 9.78 Å². The van der Waals surface area contributed by atoms with Gasteiger partial charge in [0.15, 0.2) is 0 Å². The van der Waals surface area contributed by atoms with Gasteiger partial charge in [0.25, 0.3) is 0 Å². The first-order valence-electron chi connectivity index (χ1n) is 7.48. The van der Waals surface area contributed by atoms with Crippen molar-refractivity contribution in [3.63, 3.8) is 0 Å². The van der Waals surface area contributed by atoms with Gasteiger partial charge in [0.2, 0.25) is 5.88 Å². The molecule has 0 unspecified atom stereocenters. The summed E-state index contributed by atoms with van der Waals surface area (Å²) in [7, 11) is 0. The topological polar surface area (TPSA) is 81.3 Å². The third-order valence-corrected chi connectivity index (χ3v) is 3.71. The Hall–Kier alpha value is -2.89. The first-order valence-corrected chi connectivity index (χ1v) is 7.48. The zero-order chi connectivity index (χ0) is 16.1. The lowest BCUT2D eigenvalue weighted by molar-refractivity contribution is 0.203. The Balaban J connectivity index is 0.00000208. The Kier molecular flexibility index (Phi) is 4.52. The van der Waals surface area contributed by atoms with Crippen LogP contribution in [0.15, 0.2) is 48.4 Å². The molecule has 120 valence electrons. The van der Waals surface area contributed by atoms with E-state index in [-0.39, 0.29) is 7.46 Å². The molecule has 1 aliphatic rings. The van der Waals surface area contributed by atoms with Crippen LogP contribution in [0.4, 0.5) is 4.79 Å². The minimum Gasteiger partial charge on any atom is -0.437 e. The smallest absolute Gasteiger partial charge is 0.314 e. The number of benzene rings is 1. The van der Waals surface area contributed by atoms with Crippen molar-refractivity contribution in [2.24, 2.45) is 5.73 Å². The molecule has 1 aromatic carbocycles. The van der Waals surface area contributed by atoms with E-state index in [4.69, 9.17) is 10.5 Å². The molecule has 3 rings (SSSR count). The second kappa shape index (κ2) is 6.91. The Morgan fingerprint density at radius 2 is 2.13 bits per heavy atom. The van der Waals surface area contributed by atoms with E-state index < -0.39 is 0 Å². The zero-order valence-electron chi connectivity index (χ0n) is 12.7. The molecule has 0 spiro atoms. The summed E-state index contributed by atoms with van der Waals surface area (Å²) in [6.07, 6.45) is 8.60. The van der Waals surface area contributed by atoms with E-state index in [0.29, 0.717) is 19.0 Å². The van der Waals surface area contributed by atoms with Crippen molar-refractivity contribution in [2.75, 3.05) is 13.1 Å². The number of ether oxygens (including phenoxy) is 1. The third kappa shape index (κ3) is 4.06. The second-order valence-corrected chi connectivity index (χ2v) is 5.35. The van der Waals surface area contributed by atoms with Crippen LogP contribution in [0.25, 0.3) is 6.08 Å². The first-order chi connectivity index (χ1) is 11.2. The molecule has 1 saturated heterocycles. The van der Waals surface area contributed by atoms with Gasteiger partial charge in [0, 0.05) is 26.9 Å². The number of likely N-dealkylation sites (tertiary alicyclic amines) is 1. The number of carbonyl (C=O) groups excluding carboxylic acids is 1. The summed E-state index contributed by atoms with van der Waals surface area (Å²) < 4.78 is 5.68. The van der Waals surface area contributed by atoms with Gasteiger partial charge in [-0.15, -0.1) is 0 Å². The maximum absolute atomic E-state index is 11.1. The molecule has 0 bridgehead atoms. The standard InChI is InChI=1S/C17H18N4O2.H2/c18-17(22)21-8-4-13(5-9-21)10-14-2-1-3-15(11-14)23-16-12-19-6-7-20-16;/h1-3,6-7,10-12H,4-5,8-9H2,(H2,18,22);1H. The van der Waals surface area contributed by atoms with Crippen molar-refractivity contribution >= 4 is 12.1 Å². The van der Waals surface area contributed by atoms with E-state index in [0.717, 1.165) is 24.2 Å². The molecular weight excluding hydrogens is 292 g/mol. The van der Waals surface area contributed by atoms with Crippen LogP contribution in [0.5, 0.6) is 11.6 Å². The number of primary amides is 1. The Bertz CT molecular complexity index is 712. The Morgan fingerprint density at radius 1 is 1.30 bits per heavy atom. The van der Waals surface area contributed by atoms with Crippen molar-refractivity contribution in [3.8, 4) is 11.6 Å². The van der Waals surface area contributed by atoms with Crippen LogP contribution in [0.3, 0.4) is 0 Å². The number of nitrogens with two attached hydrogens (primary N) is 1. The summed E-state index contributed by atoms with van der Waals surface area (Å²) in [5.41, 5.74) is 7.67. The van der Waals surface area contributed by atoms with Crippen LogP contribution < -0.4 is 10.5 Å². The highest BCUT2D eigenvalue weighted by atomic mass is 16.5. The molecular formula is C17H20N4O2. The fourth-order valence-electron chi connectivity index (χ4n) is 2.52. The molecule has 2 aromatic rings.